The number of phenols is 2. The van der Waals surface area contributed by atoms with Crippen molar-refractivity contribution >= 4 is 15.9 Å². The summed E-state index contributed by atoms with van der Waals surface area (Å²) in [7, 11) is 1.48. The average Bonchev–Trinajstić information content (AvgIpc) is 2.01. The molecule has 0 atom stereocenters. The van der Waals surface area contributed by atoms with Gasteiger partial charge in [0.25, 0.3) is 0 Å². The molecule has 0 amide bonds. The lowest BCUT2D eigenvalue weighted by molar-refractivity contribution is 0.382. The Bertz CT molecular complexity index is 273. The van der Waals surface area contributed by atoms with E-state index in [1.165, 1.54) is 13.2 Å². The van der Waals surface area contributed by atoms with Crippen LogP contribution in [0, 0.1) is 0 Å². The molecule has 0 saturated heterocycles. The summed E-state index contributed by atoms with van der Waals surface area (Å²) in [4.78, 5) is 0. The number of aromatic hydroxyl groups is 2. The van der Waals surface area contributed by atoms with Crippen molar-refractivity contribution < 1.29 is 14.9 Å². The molecule has 0 aliphatic carbocycles. The SMILES string of the molecule is COc1ccc(O)c(O)c1Br. The number of methoxy groups -OCH3 is 1. The van der Waals surface area contributed by atoms with Crippen molar-refractivity contribution in [3.05, 3.63) is 16.6 Å². The molecule has 1 aromatic rings. The average molecular weight is 219 g/mol. The van der Waals surface area contributed by atoms with E-state index in [0.29, 0.717) is 10.2 Å². The summed E-state index contributed by atoms with van der Waals surface area (Å²) in [6, 6.07) is 2.91. The molecule has 60 valence electrons. The van der Waals surface area contributed by atoms with Crippen LogP contribution in [0.25, 0.3) is 0 Å². The number of hydrogen-bond donors (Lipinski definition) is 2. The molecule has 0 spiro atoms. The first kappa shape index (κ1) is 8.20. The predicted molar refractivity (Wildman–Crippen MR) is 44.0 cm³/mol. The van der Waals surface area contributed by atoms with Gasteiger partial charge in [-0.3, -0.25) is 0 Å². The van der Waals surface area contributed by atoms with Crippen LogP contribution in [0.1, 0.15) is 0 Å². The monoisotopic (exact) mass is 218 g/mol. The van der Waals surface area contributed by atoms with E-state index in [2.05, 4.69) is 15.9 Å². The highest BCUT2D eigenvalue weighted by Crippen LogP contribution is 2.39. The van der Waals surface area contributed by atoms with Crippen molar-refractivity contribution in [2.45, 2.75) is 0 Å². The standard InChI is InChI=1S/C7H7BrO3/c1-11-5-3-2-4(9)7(10)6(5)8/h2-3,9-10H,1H3. The van der Waals surface area contributed by atoms with E-state index >= 15 is 0 Å². The Morgan fingerprint density at radius 2 is 2.00 bits per heavy atom. The van der Waals surface area contributed by atoms with Crippen LogP contribution >= 0.6 is 15.9 Å². The molecule has 0 unspecified atom stereocenters. The number of phenolic OH excluding ortho intramolecular Hbond substituents is 2. The van der Waals surface area contributed by atoms with E-state index in [9.17, 15) is 0 Å². The maximum Gasteiger partial charge on any atom is 0.175 e. The van der Waals surface area contributed by atoms with Crippen LogP contribution < -0.4 is 4.74 Å². The molecule has 0 aromatic heterocycles. The maximum absolute atomic E-state index is 9.14. The van der Waals surface area contributed by atoms with Crippen LogP contribution in [0.5, 0.6) is 17.2 Å². The molecule has 0 fully saturated rings. The van der Waals surface area contributed by atoms with Gasteiger partial charge in [0.05, 0.1) is 7.11 Å². The van der Waals surface area contributed by atoms with Gasteiger partial charge in [-0.25, -0.2) is 0 Å². The zero-order valence-corrected chi connectivity index (χ0v) is 7.42. The van der Waals surface area contributed by atoms with Gasteiger partial charge in [0.15, 0.2) is 11.5 Å². The highest BCUT2D eigenvalue weighted by Gasteiger charge is 2.08. The summed E-state index contributed by atoms with van der Waals surface area (Å²) < 4.78 is 5.22. The van der Waals surface area contributed by atoms with E-state index in [-0.39, 0.29) is 11.5 Å². The molecule has 0 saturated carbocycles. The lowest BCUT2D eigenvalue weighted by atomic mass is 10.3. The van der Waals surface area contributed by atoms with Gasteiger partial charge in [0, 0.05) is 0 Å². The Morgan fingerprint density at radius 1 is 1.36 bits per heavy atom. The van der Waals surface area contributed by atoms with Gasteiger partial charge in [-0.1, -0.05) is 0 Å². The molecule has 1 rings (SSSR count). The van der Waals surface area contributed by atoms with Gasteiger partial charge in [-0.2, -0.15) is 0 Å². The molecule has 0 heterocycles. The third-order valence-corrected chi connectivity index (χ3v) is 2.05. The van der Waals surface area contributed by atoms with Gasteiger partial charge < -0.3 is 14.9 Å². The molecule has 3 nitrogen and oxygen atoms in total. The van der Waals surface area contributed by atoms with E-state index < -0.39 is 0 Å². The Kier molecular flexibility index (Phi) is 2.24. The predicted octanol–water partition coefficient (Wildman–Crippen LogP) is 1.87. The van der Waals surface area contributed by atoms with E-state index in [1.807, 2.05) is 0 Å². The number of ether oxygens (including phenoxy) is 1. The van der Waals surface area contributed by atoms with Crippen LogP contribution in [-0.4, -0.2) is 17.3 Å². The lowest BCUT2D eigenvalue weighted by Crippen LogP contribution is -1.83. The normalized spacial score (nSPS) is 9.64. The highest BCUT2D eigenvalue weighted by atomic mass is 79.9. The number of hydrogen-bond acceptors (Lipinski definition) is 3. The summed E-state index contributed by atoms with van der Waals surface area (Å²) >= 11 is 3.06. The van der Waals surface area contributed by atoms with Gasteiger partial charge in [-0.15, -0.1) is 0 Å². The molecule has 2 N–H and O–H groups in total. The van der Waals surface area contributed by atoms with E-state index in [0.717, 1.165) is 0 Å². The first-order valence-electron chi connectivity index (χ1n) is 2.91. The maximum atomic E-state index is 9.14. The van der Waals surface area contributed by atoms with Crippen LogP contribution in [-0.2, 0) is 0 Å². The molecule has 11 heavy (non-hydrogen) atoms. The topological polar surface area (TPSA) is 49.7 Å². The summed E-state index contributed by atoms with van der Waals surface area (Å²) in [6.07, 6.45) is 0. The third-order valence-electron chi connectivity index (χ3n) is 1.28. The Hall–Kier alpha value is -0.900. The van der Waals surface area contributed by atoms with Crippen molar-refractivity contribution in [1.29, 1.82) is 0 Å². The lowest BCUT2D eigenvalue weighted by Gasteiger charge is -2.05. The van der Waals surface area contributed by atoms with Crippen molar-refractivity contribution in [3.63, 3.8) is 0 Å². The van der Waals surface area contributed by atoms with Crippen molar-refractivity contribution in [2.24, 2.45) is 0 Å². The molecule has 1 aromatic carbocycles. The van der Waals surface area contributed by atoms with Crippen LogP contribution in [0.2, 0.25) is 0 Å². The van der Waals surface area contributed by atoms with Gasteiger partial charge in [0.2, 0.25) is 0 Å². The van der Waals surface area contributed by atoms with E-state index in [4.69, 9.17) is 14.9 Å². The number of rotatable bonds is 1. The minimum atomic E-state index is -0.204. The smallest absolute Gasteiger partial charge is 0.175 e. The first-order valence-corrected chi connectivity index (χ1v) is 3.70. The zero-order valence-electron chi connectivity index (χ0n) is 5.84. The Labute approximate surface area is 72.4 Å². The number of benzene rings is 1. The van der Waals surface area contributed by atoms with Gasteiger partial charge in [-0.05, 0) is 28.1 Å². The summed E-state index contributed by atoms with van der Waals surface area (Å²) in [5.41, 5.74) is 0. The minimum Gasteiger partial charge on any atom is -0.504 e. The van der Waals surface area contributed by atoms with Crippen LogP contribution in [0.4, 0.5) is 0 Å². The molecule has 0 aliphatic rings. The molecular formula is C7H7BrO3. The second-order valence-corrected chi connectivity index (χ2v) is 2.74. The second-order valence-electron chi connectivity index (χ2n) is 1.95. The van der Waals surface area contributed by atoms with Gasteiger partial charge >= 0.3 is 0 Å². The highest BCUT2D eigenvalue weighted by molar-refractivity contribution is 9.10. The van der Waals surface area contributed by atoms with Crippen LogP contribution in [0.15, 0.2) is 16.6 Å². The Balaban J connectivity index is 3.25. The molecular weight excluding hydrogens is 212 g/mol. The van der Waals surface area contributed by atoms with Gasteiger partial charge in [0.1, 0.15) is 10.2 Å². The third kappa shape index (κ3) is 1.40. The Morgan fingerprint density at radius 3 is 2.55 bits per heavy atom. The van der Waals surface area contributed by atoms with Crippen molar-refractivity contribution in [2.75, 3.05) is 7.11 Å². The first-order chi connectivity index (χ1) is 5.16. The molecule has 0 aliphatic heterocycles. The summed E-state index contributed by atoms with van der Waals surface area (Å²) in [6.45, 7) is 0. The zero-order chi connectivity index (χ0) is 8.43. The molecule has 0 radical (unpaired) electrons. The van der Waals surface area contributed by atoms with E-state index in [1.54, 1.807) is 6.07 Å². The number of halogens is 1. The minimum absolute atomic E-state index is 0.169. The quantitative estimate of drug-likeness (QED) is 0.708. The fourth-order valence-corrected chi connectivity index (χ4v) is 1.19. The summed E-state index contributed by atoms with van der Waals surface area (Å²) in [5.74, 6) is 0.113. The van der Waals surface area contributed by atoms with Crippen molar-refractivity contribution in [1.82, 2.24) is 0 Å². The summed E-state index contributed by atoms with van der Waals surface area (Å²) in [5, 5.41) is 18.1. The fourth-order valence-electron chi connectivity index (χ4n) is 0.694. The molecule has 4 heteroatoms. The van der Waals surface area contributed by atoms with Crippen LogP contribution in [0.3, 0.4) is 0 Å². The second kappa shape index (κ2) is 3.00. The van der Waals surface area contributed by atoms with Crippen molar-refractivity contribution in [3.8, 4) is 17.2 Å². The fraction of sp³-hybridized carbons (Fsp3) is 0.143. The largest absolute Gasteiger partial charge is 0.504 e. The molecule has 0 bridgehead atoms.